The van der Waals surface area contributed by atoms with Crippen molar-refractivity contribution in [3.05, 3.63) is 39.6 Å². The molecule has 98 valence electrons. The average Bonchev–Trinajstić information content (AvgIpc) is 3.11. The first-order valence-corrected chi connectivity index (χ1v) is 6.52. The van der Waals surface area contributed by atoms with Crippen LogP contribution in [0.15, 0.2) is 22.7 Å². The number of rotatable bonds is 3. The zero-order valence-corrected chi connectivity index (χ0v) is 11.2. The lowest BCUT2D eigenvalue weighted by Crippen LogP contribution is -2.01. The minimum absolute atomic E-state index is 0.0895. The van der Waals surface area contributed by atoms with Crippen molar-refractivity contribution >= 4 is 29.2 Å². The summed E-state index contributed by atoms with van der Waals surface area (Å²) in [6, 6.07) is 4.83. The Hall–Kier alpha value is -1.52. The van der Waals surface area contributed by atoms with Gasteiger partial charge in [-0.15, -0.1) is 0 Å². The van der Waals surface area contributed by atoms with Gasteiger partial charge in [0.05, 0.1) is 5.02 Å². The molecule has 1 fully saturated rings. The third-order valence-corrected chi connectivity index (χ3v) is 3.63. The van der Waals surface area contributed by atoms with Gasteiger partial charge in [0.1, 0.15) is 11.3 Å². The van der Waals surface area contributed by atoms with Crippen molar-refractivity contribution in [2.24, 2.45) is 0 Å². The van der Waals surface area contributed by atoms with E-state index in [1.165, 1.54) is 0 Å². The Morgan fingerprint density at radius 3 is 2.74 bits per heavy atom. The van der Waals surface area contributed by atoms with Gasteiger partial charge < -0.3 is 9.63 Å². The molecule has 2 aromatic rings. The first-order valence-electron chi connectivity index (χ1n) is 5.76. The maximum absolute atomic E-state index is 11.4. The molecule has 0 radical (unpaired) electrons. The molecule has 0 amide bonds. The van der Waals surface area contributed by atoms with Crippen LogP contribution in [0.2, 0.25) is 10.0 Å². The highest BCUT2D eigenvalue weighted by Gasteiger charge is 2.35. The molecule has 4 nitrogen and oxygen atoms in total. The van der Waals surface area contributed by atoms with E-state index < -0.39 is 5.97 Å². The summed E-state index contributed by atoms with van der Waals surface area (Å²) in [6.07, 6.45) is 1.86. The van der Waals surface area contributed by atoms with Gasteiger partial charge in [-0.25, -0.2) is 4.79 Å². The Labute approximate surface area is 118 Å². The van der Waals surface area contributed by atoms with E-state index in [1.807, 2.05) is 0 Å². The van der Waals surface area contributed by atoms with Gasteiger partial charge in [0.25, 0.3) is 0 Å². The fraction of sp³-hybridized carbons (Fsp3) is 0.231. The fourth-order valence-corrected chi connectivity index (χ4v) is 2.38. The average molecular weight is 298 g/mol. The Bertz CT molecular complexity index is 662. The predicted molar refractivity (Wildman–Crippen MR) is 70.9 cm³/mol. The smallest absolute Gasteiger partial charge is 0.341 e. The number of nitrogens with zero attached hydrogens (tertiary/aromatic N) is 1. The van der Waals surface area contributed by atoms with Crippen molar-refractivity contribution in [3.63, 3.8) is 0 Å². The second-order valence-electron chi connectivity index (χ2n) is 4.47. The summed E-state index contributed by atoms with van der Waals surface area (Å²) in [7, 11) is 0. The second-order valence-corrected chi connectivity index (χ2v) is 5.32. The maximum atomic E-state index is 11.4. The summed E-state index contributed by atoms with van der Waals surface area (Å²) in [4.78, 5) is 11.4. The van der Waals surface area contributed by atoms with Gasteiger partial charge in [-0.05, 0) is 31.0 Å². The largest absolute Gasteiger partial charge is 0.477 e. The number of aromatic carboxylic acids is 1. The highest BCUT2D eigenvalue weighted by Crippen LogP contribution is 2.44. The summed E-state index contributed by atoms with van der Waals surface area (Å²) >= 11 is 12.0. The number of hydrogen-bond donors (Lipinski definition) is 1. The molecule has 0 aliphatic heterocycles. The number of benzene rings is 1. The van der Waals surface area contributed by atoms with E-state index >= 15 is 0 Å². The van der Waals surface area contributed by atoms with Gasteiger partial charge >= 0.3 is 5.97 Å². The van der Waals surface area contributed by atoms with Crippen LogP contribution in [0.4, 0.5) is 0 Å². The van der Waals surface area contributed by atoms with E-state index in [9.17, 15) is 9.90 Å². The molecule has 1 N–H and O–H groups in total. The summed E-state index contributed by atoms with van der Waals surface area (Å²) in [6.45, 7) is 0. The fourth-order valence-electron chi connectivity index (χ4n) is 2.00. The molecule has 6 heteroatoms. The van der Waals surface area contributed by atoms with Crippen molar-refractivity contribution in [1.82, 2.24) is 5.16 Å². The Morgan fingerprint density at radius 1 is 1.37 bits per heavy atom. The minimum atomic E-state index is -1.06. The van der Waals surface area contributed by atoms with Crippen LogP contribution in [-0.2, 0) is 0 Å². The van der Waals surface area contributed by atoms with E-state index in [0.717, 1.165) is 12.8 Å². The normalized spacial score (nSPS) is 14.6. The van der Waals surface area contributed by atoms with Crippen LogP contribution < -0.4 is 0 Å². The molecule has 1 heterocycles. The predicted octanol–water partition coefficient (Wildman–Crippen LogP) is 4.22. The molecule has 0 bridgehead atoms. The van der Waals surface area contributed by atoms with Gasteiger partial charge in [-0.1, -0.05) is 28.4 Å². The SMILES string of the molecule is O=C(O)c1c(-c2cc(Cl)ccc2Cl)noc1C1CC1. The van der Waals surface area contributed by atoms with E-state index in [2.05, 4.69) is 5.16 Å². The lowest BCUT2D eigenvalue weighted by atomic mass is 10.0. The third-order valence-electron chi connectivity index (χ3n) is 3.06. The molecule has 1 aliphatic carbocycles. The molecule has 0 unspecified atom stereocenters. The van der Waals surface area contributed by atoms with E-state index in [1.54, 1.807) is 18.2 Å². The van der Waals surface area contributed by atoms with E-state index in [-0.39, 0.29) is 17.2 Å². The Balaban J connectivity index is 2.19. The van der Waals surface area contributed by atoms with Crippen LogP contribution in [0.25, 0.3) is 11.3 Å². The number of carboxylic acid groups (broad SMARTS) is 1. The monoisotopic (exact) mass is 297 g/mol. The molecule has 1 saturated carbocycles. The number of carbonyl (C=O) groups is 1. The molecule has 0 spiro atoms. The van der Waals surface area contributed by atoms with Gasteiger partial charge in [0, 0.05) is 16.5 Å². The van der Waals surface area contributed by atoms with Crippen molar-refractivity contribution < 1.29 is 14.4 Å². The standard InChI is InChI=1S/C13H9Cl2NO3/c14-7-3-4-9(15)8(5-7)11-10(13(17)18)12(19-16-11)6-1-2-6/h3-6H,1-2H2,(H,17,18). The van der Waals surface area contributed by atoms with Crippen molar-refractivity contribution in [3.8, 4) is 11.3 Å². The van der Waals surface area contributed by atoms with Gasteiger partial charge in [0.2, 0.25) is 0 Å². The van der Waals surface area contributed by atoms with Crippen molar-refractivity contribution in [2.45, 2.75) is 18.8 Å². The van der Waals surface area contributed by atoms with Crippen molar-refractivity contribution in [1.29, 1.82) is 0 Å². The van der Waals surface area contributed by atoms with Crippen LogP contribution in [0, 0.1) is 0 Å². The summed E-state index contributed by atoms with van der Waals surface area (Å²) in [5, 5.41) is 14.1. The van der Waals surface area contributed by atoms with E-state index in [4.69, 9.17) is 27.7 Å². The maximum Gasteiger partial charge on any atom is 0.341 e. The summed E-state index contributed by atoms with van der Waals surface area (Å²) < 4.78 is 5.20. The van der Waals surface area contributed by atoms with Crippen LogP contribution in [-0.4, -0.2) is 16.2 Å². The topological polar surface area (TPSA) is 63.3 Å². The van der Waals surface area contributed by atoms with E-state index in [0.29, 0.717) is 21.4 Å². The van der Waals surface area contributed by atoms with Crippen LogP contribution in [0.1, 0.15) is 34.9 Å². The number of carboxylic acids is 1. The highest BCUT2D eigenvalue weighted by atomic mass is 35.5. The molecular weight excluding hydrogens is 289 g/mol. The number of halogens is 2. The highest BCUT2D eigenvalue weighted by molar-refractivity contribution is 6.35. The van der Waals surface area contributed by atoms with Gasteiger partial charge in [-0.3, -0.25) is 0 Å². The molecule has 1 aliphatic rings. The molecule has 1 aromatic carbocycles. The molecule has 0 atom stereocenters. The molecule has 19 heavy (non-hydrogen) atoms. The van der Waals surface area contributed by atoms with Gasteiger partial charge in [0.15, 0.2) is 5.76 Å². The molecule has 0 saturated heterocycles. The lowest BCUT2D eigenvalue weighted by molar-refractivity contribution is 0.0695. The molecule has 1 aromatic heterocycles. The van der Waals surface area contributed by atoms with Gasteiger partial charge in [-0.2, -0.15) is 0 Å². The van der Waals surface area contributed by atoms with Crippen LogP contribution >= 0.6 is 23.2 Å². The summed E-state index contributed by atoms with van der Waals surface area (Å²) in [5.41, 5.74) is 0.802. The summed E-state index contributed by atoms with van der Waals surface area (Å²) in [5.74, 6) is -0.474. The first-order chi connectivity index (χ1) is 9.08. The Kier molecular flexibility index (Phi) is 2.99. The third kappa shape index (κ3) is 2.22. The minimum Gasteiger partial charge on any atom is -0.477 e. The van der Waals surface area contributed by atoms with Crippen LogP contribution in [0.5, 0.6) is 0 Å². The zero-order chi connectivity index (χ0) is 13.6. The molecule has 3 rings (SSSR count). The van der Waals surface area contributed by atoms with Crippen LogP contribution in [0.3, 0.4) is 0 Å². The zero-order valence-electron chi connectivity index (χ0n) is 9.69. The second kappa shape index (κ2) is 4.54. The number of hydrogen-bond acceptors (Lipinski definition) is 3. The molecular formula is C13H9Cl2NO3. The number of aromatic nitrogens is 1. The lowest BCUT2D eigenvalue weighted by Gasteiger charge is -2.02. The first kappa shape index (κ1) is 12.5. The van der Waals surface area contributed by atoms with Crippen molar-refractivity contribution in [2.75, 3.05) is 0 Å². The quantitative estimate of drug-likeness (QED) is 0.921. The Morgan fingerprint density at radius 2 is 2.11 bits per heavy atom.